The van der Waals surface area contributed by atoms with Gasteiger partial charge in [0.15, 0.2) is 0 Å². The zero-order chi connectivity index (χ0) is 13.1. The Balaban J connectivity index is 2.58. The Morgan fingerprint density at radius 1 is 1.50 bits per heavy atom. The third-order valence-corrected chi connectivity index (χ3v) is 3.12. The van der Waals surface area contributed by atoms with Crippen molar-refractivity contribution in [3.8, 4) is 0 Å². The summed E-state index contributed by atoms with van der Waals surface area (Å²) in [6.07, 6.45) is 0.913. The molecule has 0 radical (unpaired) electrons. The molecule has 0 bridgehead atoms. The number of aromatic nitrogens is 2. The van der Waals surface area contributed by atoms with Gasteiger partial charge in [0.05, 0.1) is 23.7 Å². The van der Waals surface area contributed by atoms with Crippen molar-refractivity contribution >= 4 is 16.7 Å². The number of nitrogen functional groups attached to an aromatic ring is 1. The van der Waals surface area contributed by atoms with E-state index in [-0.39, 0.29) is 12.6 Å². The van der Waals surface area contributed by atoms with E-state index < -0.39 is 0 Å². The van der Waals surface area contributed by atoms with Crippen LogP contribution < -0.4 is 5.73 Å². The largest absolute Gasteiger partial charge is 0.399 e. The van der Waals surface area contributed by atoms with Crippen LogP contribution in [0.25, 0.3) is 11.0 Å². The predicted molar refractivity (Wildman–Crippen MR) is 71.3 cm³/mol. The van der Waals surface area contributed by atoms with Crippen molar-refractivity contribution in [3.63, 3.8) is 0 Å². The third kappa shape index (κ3) is 2.19. The first-order valence-corrected chi connectivity index (χ1v) is 6.07. The van der Waals surface area contributed by atoms with Gasteiger partial charge < -0.3 is 20.1 Å². The molecule has 2 aromatic rings. The maximum atomic E-state index is 9.45. The van der Waals surface area contributed by atoms with Gasteiger partial charge in [-0.2, -0.15) is 0 Å². The van der Waals surface area contributed by atoms with E-state index in [0.29, 0.717) is 18.1 Å². The lowest BCUT2D eigenvalue weighted by Crippen LogP contribution is -2.16. The quantitative estimate of drug-likeness (QED) is 0.791. The summed E-state index contributed by atoms with van der Waals surface area (Å²) in [7, 11) is 1.68. The molecule has 5 nitrogen and oxygen atoms in total. The highest BCUT2D eigenvalue weighted by Gasteiger charge is 2.17. The van der Waals surface area contributed by atoms with Crippen LogP contribution in [-0.4, -0.2) is 28.4 Å². The number of imidazole rings is 1. The van der Waals surface area contributed by atoms with Crippen molar-refractivity contribution in [2.75, 3.05) is 19.5 Å². The lowest BCUT2D eigenvalue weighted by atomic mass is 10.2. The summed E-state index contributed by atoms with van der Waals surface area (Å²) in [4.78, 5) is 4.42. The number of nitrogens with zero attached hydrogens (tertiary/aromatic N) is 2. The molecular weight excluding hydrogens is 230 g/mol. The SMILES string of the molecule is CCC(COC)n1c(CO)nc2cc(N)ccc21. The van der Waals surface area contributed by atoms with Crippen molar-refractivity contribution in [2.45, 2.75) is 26.0 Å². The first kappa shape index (κ1) is 12.9. The van der Waals surface area contributed by atoms with Crippen LogP contribution in [0.3, 0.4) is 0 Å². The normalized spacial score (nSPS) is 13.1. The number of hydrogen-bond acceptors (Lipinski definition) is 4. The Morgan fingerprint density at radius 3 is 2.89 bits per heavy atom. The Hall–Kier alpha value is -1.59. The van der Waals surface area contributed by atoms with E-state index in [9.17, 15) is 5.11 Å². The van der Waals surface area contributed by atoms with E-state index in [0.717, 1.165) is 17.5 Å². The standard InChI is InChI=1S/C13H19N3O2/c1-3-10(8-18-2)16-12-5-4-9(14)6-11(12)15-13(16)7-17/h4-6,10,17H,3,7-8,14H2,1-2H3. The molecule has 0 spiro atoms. The van der Waals surface area contributed by atoms with Crippen molar-refractivity contribution in [3.05, 3.63) is 24.0 Å². The van der Waals surface area contributed by atoms with Gasteiger partial charge in [-0.25, -0.2) is 4.98 Å². The number of rotatable bonds is 5. The van der Waals surface area contributed by atoms with Gasteiger partial charge in [0, 0.05) is 12.8 Å². The van der Waals surface area contributed by atoms with E-state index >= 15 is 0 Å². The zero-order valence-corrected chi connectivity index (χ0v) is 10.8. The average molecular weight is 249 g/mol. The van der Waals surface area contributed by atoms with Crippen molar-refractivity contribution in [1.82, 2.24) is 9.55 Å². The summed E-state index contributed by atoms with van der Waals surface area (Å²) >= 11 is 0. The molecule has 0 saturated carbocycles. The molecule has 1 aromatic carbocycles. The number of aliphatic hydroxyl groups is 1. The highest BCUT2D eigenvalue weighted by Crippen LogP contribution is 2.25. The minimum Gasteiger partial charge on any atom is -0.399 e. The number of methoxy groups -OCH3 is 1. The summed E-state index contributed by atoms with van der Waals surface area (Å²) in [5, 5.41) is 9.45. The van der Waals surface area contributed by atoms with Crippen LogP contribution in [0.15, 0.2) is 18.2 Å². The van der Waals surface area contributed by atoms with E-state index in [1.807, 2.05) is 22.8 Å². The number of anilines is 1. The van der Waals surface area contributed by atoms with Crippen LogP contribution in [0.1, 0.15) is 25.2 Å². The first-order valence-electron chi connectivity index (χ1n) is 6.07. The smallest absolute Gasteiger partial charge is 0.136 e. The number of ether oxygens (including phenoxy) is 1. The Labute approximate surface area is 106 Å². The molecule has 0 aliphatic rings. The van der Waals surface area contributed by atoms with E-state index in [2.05, 4.69) is 11.9 Å². The summed E-state index contributed by atoms with van der Waals surface area (Å²) in [6, 6.07) is 5.78. The fourth-order valence-corrected chi connectivity index (χ4v) is 2.25. The van der Waals surface area contributed by atoms with Gasteiger partial charge in [-0.3, -0.25) is 0 Å². The molecule has 98 valence electrons. The second-order valence-electron chi connectivity index (χ2n) is 4.32. The molecule has 1 aromatic heterocycles. The lowest BCUT2D eigenvalue weighted by Gasteiger charge is -2.19. The van der Waals surface area contributed by atoms with E-state index in [1.165, 1.54) is 0 Å². The van der Waals surface area contributed by atoms with Crippen molar-refractivity contribution in [1.29, 1.82) is 0 Å². The van der Waals surface area contributed by atoms with Crippen LogP contribution in [0, 0.1) is 0 Å². The average Bonchev–Trinajstić information content (AvgIpc) is 2.73. The van der Waals surface area contributed by atoms with Gasteiger partial charge in [-0.05, 0) is 24.6 Å². The van der Waals surface area contributed by atoms with Crippen LogP contribution in [0.5, 0.6) is 0 Å². The van der Waals surface area contributed by atoms with Crippen LogP contribution in [0.4, 0.5) is 5.69 Å². The highest BCUT2D eigenvalue weighted by atomic mass is 16.5. The zero-order valence-electron chi connectivity index (χ0n) is 10.8. The summed E-state index contributed by atoms with van der Waals surface area (Å²) in [6.45, 7) is 2.60. The maximum absolute atomic E-state index is 9.45. The Morgan fingerprint density at radius 2 is 2.28 bits per heavy atom. The summed E-state index contributed by atoms with van der Waals surface area (Å²) < 4.78 is 7.28. The second kappa shape index (κ2) is 5.37. The van der Waals surface area contributed by atoms with Gasteiger partial charge in [-0.1, -0.05) is 6.92 Å². The highest BCUT2D eigenvalue weighted by molar-refractivity contribution is 5.79. The van der Waals surface area contributed by atoms with Crippen LogP contribution in [-0.2, 0) is 11.3 Å². The molecule has 0 aliphatic heterocycles. The van der Waals surface area contributed by atoms with Gasteiger partial charge in [0.1, 0.15) is 12.4 Å². The summed E-state index contributed by atoms with van der Waals surface area (Å²) in [5.74, 6) is 0.652. The lowest BCUT2D eigenvalue weighted by molar-refractivity contribution is 0.149. The van der Waals surface area contributed by atoms with Crippen LogP contribution >= 0.6 is 0 Å². The fourth-order valence-electron chi connectivity index (χ4n) is 2.25. The Bertz CT molecular complexity index is 536. The minimum absolute atomic E-state index is 0.0885. The number of aliphatic hydroxyl groups excluding tert-OH is 1. The van der Waals surface area contributed by atoms with Crippen molar-refractivity contribution in [2.24, 2.45) is 0 Å². The topological polar surface area (TPSA) is 73.3 Å². The third-order valence-electron chi connectivity index (χ3n) is 3.12. The molecule has 1 atom stereocenters. The van der Waals surface area contributed by atoms with Crippen LogP contribution in [0.2, 0.25) is 0 Å². The van der Waals surface area contributed by atoms with E-state index in [1.54, 1.807) is 7.11 Å². The van der Waals surface area contributed by atoms with Crippen molar-refractivity contribution < 1.29 is 9.84 Å². The molecule has 0 saturated heterocycles. The fraction of sp³-hybridized carbons (Fsp3) is 0.462. The number of fused-ring (bicyclic) bond motifs is 1. The van der Waals surface area contributed by atoms with Gasteiger partial charge in [0.2, 0.25) is 0 Å². The second-order valence-corrected chi connectivity index (χ2v) is 4.32. The molecule has 0 fully saturated rings. The molecule has 0 amide bonds. The van der Waals surface area contributed by atoms with Gasteiger partial charge in [-0.15, -0.1) is 0 Å². The minimum atomic E-state index is -0.0885. The predicted octanol–water partition coefficient (Wildman–Crippen LogP) is 1.71. The maximum Gasteiger partial charge on any atom is 0.136 e. The number of benzene rings is 1. The van der Waals surface area contributed by atoms with E-state index in [4.69, 9.17) is 10.5 Å². The number of nitrogens with two attached hydrogens (primary N) is 1. The molecular formula is C13H19N3O2. The molecule has 1 heterocycles. The molecule has 5 heteroatoms. The monoisotopic (exact) mass is 249 g/mol. The first-order chi connectivity index (χ1) is 8.71. The Kier molecular flexibility index (Phi) is 3.84. The van der Waals surface area contributed by atoms with Gasteiger partial charge >= 0.3 is 0 Å². The molecule has 0 aliphatic carbocycles. The van der Waals surface area contributed by atoms with Gasteiger partial charge in [0.25, 0.3) is 0 Å². The summed E-state index contributed by atoms with van der Waals surface area (Å²) in [5.41, 5.74) is 8.23. The molecule has 2 rings (SSSR count). The number of hydrogen-bond donors (Lipinski definition) is 2. The molecule has 18 heavy (non-hydrogen) atoms. The molecule has 1 unspecified atom stereocenters. The molecule has 3 N–H and O–H groups in total.